The number of benzene rings is 3. The third-order valence-electron chi connectivity index (χ3n) is 5.83. The van der Waals surface area contributed by atoms with Crippen molar-refractivity contribution in [3.05, 3.63) is 110 Å². The number of hydrogen-bond acceptors (Lipinski definition) is 4. The molecule has 1 aromatic heterocycles. The number of thiazole rings is 1. The largest absolute Gasteiger partial charge is 0.309 e. The minimum atomic E-state index is -0.401. The average molecular weight is 446 g/mol. The predicted molar refractivity (Wildman–Crippen MR) is 124 cm³/mol. The molecule has 0 aliphatic heterocycles. The minimum Gasteiger partial charge on any atom is -0.309 e. The second-order valence-corrected chi connectivity index (χ2v) is 8.58. The van der Waals surface area contributed by atoms with Gasteiger partial charge in [0.1, 0.15) is 11.5 Å². The fourth-order valence-electron chi connectivity index (χ4n) is 4.31. The van der Waals surface area contributed by atoms with Crippen molar-refractivity contribution in [2.24, 2.45) is 4.99 Å². The van der Waals surface area contributed by atoms with Crippen molar-refractivity contribution >= 4 is 22.7 Å². The lowest BCUT2D eigenvalue weighted by molar-refractivity contribution is -0.384. The van der Waals surface area contributed by atoms with Gasteiger partial charge >= 0.3 is 0 Å². The molecule has 32 heavy (non-hydrogen) atoms. The van der Waals surface area contributed by atoms with Gasteiger partial charge in [-0.15, -0.1) is 11.3 Å². The lowest BCUT2D eigenvalue weighted by atomic mass is 9.87. The second-order valence-electron chi connectivity index (χ2n) is 7.75. The number of fused-ring (bicyclic) bond motifs is 1. The van der Waals surface area contributed by atoms with Crippen LogP contribution in [0.3, 0.4) is 0 Å². The number of nitro benzene ring substituents is 1. The third kappa shape index (κ3) is 3.76. The van der Waals surface area contributed by atoms with Crippen LogP contribution in [0.25, 0.3) is 11.3 Å². The van der Waals surface area contributed by atoms with E-state index in [4.69, 9.17) is 0 Å². The van der Waals surface area contributed by atoms with E-state index in [-0.39, 0.29) is 17.5 Å². The Labute approximate surface area is 188 Å². The van der Waals surface area contributed by atoms with Gasteiger partial charge in [0.15, 0.2) is 4.80 Å². The normalized spacial score (nSPS) is 16.0. The summed E-state index contributed by atoms with van der Waals surface area (Å²) in [5.41, 5.74) is 4.69. The van der Waals surface area contributed by atoms with Crippen molar-refractivity contribution in [1.82, 2.24) is 4.57 Å². The summed E-state index contributed by atoms with van der Waals surface area (Å²) in [4.78, 5) is 16.1. The maximum absolute atomic E-state index is 14.4. The van der Waals surface area contributed by atoms with Crippen molar-refractivity contribution in [2.45, 2.75) is 25.3 Å². The van der Waals surface area contributed by atoms with Crippen molar-refractivity contribution in [3.8, 4) is 11.3 Å². The zero-order valence-corrected chi connectivity index (χ0v) is 18.0. The van der Waals surface area contributed by atoms with E-state index in [2.05, 4.69) is 27.8 Å². The molecule has 160 valence electrons. The highest BCUT2D eigenvalue weighted by Gasteiger charge is 2.25. The van der Waals surface area contributed by atoms with Gasteiger partial charge < -0.3 is 4.57 Å². The van der Waals surface area contributed by atoms with E-state index in [1.54, 1.807) is 30.3 Å². The molecule has 1 heterocycles. The summed E-state index contributed by atoms with van der Waals surface area (Å²) in [6.07, 6.45) is 3.02. The monoisotopic (exact) mass is 445 g/mol. The van der Waals surface area contributed by atoms with Gasteiger partial charge in [-0.25, -0.2) is 9.38 Å². The first kappa shape index (κ1) is 20.3. The summed E-state index contributed by atoms with van der Waals surface area (Å²) in [7, 11) is 0. The molecule has 1 atom stereocenters. The van der Waals surface area contributed by atoms with E-state index in [9.17, 15) is 14.5 Å². The fourth-order valence-corrected chi connectivity index (χ4v) is 5.27. The van der Waals surface area contributed by atoms with E-state index < -0.39 is 4.92 Å². The Hall–Kier alpha value is -3.58. The van der Waals surface area contributed by atoms with Crippen LogP contribution in [0.2, 0.25) is 0 Å². The molecule has 4 aromatic rings. The molecule has 1 aliphatic carbocycles. The molecule has 0 N–H and O–H groups in total. The number of para-hydroxylation sites is 1. The highest BCUT2D eigenvalue weighted by atomic mass is 32.1. The molecule has 0 saturated heterocycles. The first-order valence-corrected chi connectivity index (χ1v) is 11.3. The number of aryl methyl sites for hydroxylation is 1. The average Bonchev–Trinajstić information content (AvgIpc) is 3.23. The number of nitrogens with zero attached hydrogens (tertiary/aromatic N) is 3. The molecular weight excluding hydrogens is 425 g/mol. The molecule has 0 fully saturated rings. The van der Waals surface area contributed by atoms with Crippen LogP contribution >= 0.6 is 11.3 Å². The number of rotatable bonds is 4. The van der Waals surface area contributed by atoms with E-state index in [0.717, 1.165) is 30.5 Å². The molecular formula is C25H20FN3O2S. The van der Waals surface area contributed by atoms with Crippen LogP contribution in [0.4, 0.5) is 15.8 Å². The van der Waals surface area contributed by atoms with Crippen LogP contribution in [0, 0.1) is 15.9 Å². The smallest absolute Gasteiger partial charge is 0.269 e. The molecule has 0 amide bonds. The number of aromatic nitrogens is 1. The Morgan fingerprint density at radius 3 is 2.56 bits per heavy atom. The maximum atomic E-state index is 14.4. The molecule has 0 saturated carbocycles. The van der Waals surface area contributed by atoms with Gasteiger partial charge in [-0.05, 0) is 60.2 Å². The zero-order valence-electron chi connectivity index (χ0n) is 17.1. The van der Waals surface area contributed by atoms with Gasteiger partial charge in [-0.1, -0.05) is 36.4 Å². The Morgan fingerprint density at radius 1 is 1.03 bits per heavy atom. The van der Waals surface area contributed by atoms with E-state index >= 15 is 0 Å². The SMILES string of the molecule is O=[N+]([O-])c1ccc(-c2csc(=Nc3ccccc3F)n2C2CCCc3ccccc32)cc1. The van der Waals surface area contributed by atoms with Gasteiger partial charge in [0.25, 0.3) is 5.69 Å². The summed E-state index contributed by atoms with van der Waals surface area (Å²) >= 11 is 1.45. The first-order chi connectivity index (χ1) is 15.6. The number of halogens is 1. The van der Waals surface area contributed by atoms with Crippen LogP contribution < -0.4 is 4.80 Å². The molecule has 0 spiro atoms. The predicted octanol–water partition coefficient (Wildman–Crippen LogP) is 6.42. The van der Waals surface area contributed by atoms with Gasteiger partial charge in [0.2, 0.25) is 0 Å². The minimum absolute atomic E-state index is 0.0507. The Kier molecular flexibility index (Phi) is 5.41. The van der Waals surface area contributed by atoms with E-state index in [1.165, 1.54) is 40.7 Å². The van der Waals surface area contributed by atoms with Crippen molar-refractivity contribution in [1.29, 1.82) is 0 Å². The quantitative estimate of drug-likeness (QED) is 0.269. The zero-order chi connectivity index (χ0) is 22.1. The summed E-state index contributed by atoms with van der Waals surface area (Å²) in [6.45, 7) is 0. The number of hydrogen-bond donors (Lipinski definition) is 0. The molecule has 3 aromatic carbocycles. The van der Waals surface area contributed by atoms with Crippen LogP contribution in [0.1, 0.15) is 30.0 Å². The molecule has 7 heteroatoms. The van der Waals surface area contributed by atoms with Crippen LogP contribution in [-0.4, -0.2) is 9.49 Å². The molecule has 1 unspecified atom stereocenters. The Balaban J connectivity index is 1.72. The van der Waals surface area contributed by atoms with Gasteiger partial charge in [-0.2, -0.15) is 0 Å². The van der Waals surface area contributed by atoms with E-state index in [0.29, 0.717) is 10.5 Å². The summed E-state index contributed by atoms with van der Waals surface area (Å²) < 4.78 is 16.5. The second kappa shape index (κ2) is 8.51. The van der Waals surface area contributed by atoms with Crippen LogP contribution in [0.5, 0.6) is 0 Å². The summed E-state index contributed by atoms with van der Waals surface area (Å²) in [5, 5.41) is 13.1. The van der Waals surface area contributed by atoms with Gasteiger partial charge in [0.05, 0.1) is 16.7 Å². The lowest BCUT2D eigenvalue weighted by Gasteiger charge is -2.28. The molecule has 1 aliphatic rings. The van der Waals surface area contributed by atoms with Crippen molar-refractivity contribution in [2.75, 3.05) is 0 Å². The van der Waals surface area contributed by atoms with Crippen molar-refractivity contribution in [3.63, 3.8) is 0 Å². The standard InChI is InChI=1S/C25H20FN3O2S/c26-21-9-3-4-10-22(21)27-25-28(23-11-5-7-17-6-1-2-8-20(17)23)24(16-32-25)18-12-14-19(15-13-18)29(30)31/h1-4,6,8-10,12-16,23H,5,7,11H2. The Bertz CT molecular complexity index is 1360. The molecule has 5 rings (SSSR count). The van der Waals surface area contributed by atoms with E-state index in [1.807, 2.05) is 11.4 Å². The third-order valence-corrected chi connectivity index (χ3v) is 6.67. The van der Waals surface area contributed by atoms with Crippen LogP contribution in [-0.2, 0) is 6.42 Å². The number of nitro groups is 1. The van der Waals surface area contributed by atoms with Gasteiger partial charge in [0, 0.05) is 17.5 Å². The highest BCUT2D eigenvalue weighted by Crippen LogP contribution is 2.36. The lowest BCUT2D eigenvalue weighted by Crippen LogP contribution is -2.26. The first-order valence-electron chi connectivity index (χ1n) is 10.4. The molecule has 5 nitrogen and oxygen atoms in total. The topological polar surface area (TPSA) is 60.4 Å². The van der Waals surface area contributed by atoms with Crippen molar-refractivity contribution < 1.29 is 9.31 Å². The Morgan fingerprint density at radius 2 is 1.78 bits per heavy atom. The maximum Gasteiger partial charge on any atom is 0.269 e. The van der Waals surface area contributed by atoms with Gasteiger partial charge in [-0.3, -0.25) is 10.1 Å². The summed E-state index contributed by atoms with van der Waals surface area (Å²) in [6, 6.07) is 21.5. The fraction of sp³-hybridized carbons (Fsp3) is 0.160. The summed E-state index contributed by atoms with van der Waals surface area (Å²) in [5.74, 6) is -0.367. The van der Waals surface area contributed by atoms with Crippen LogP contribution in [0.15, 0.2) is 83.2 Å². The molecule has 0 radical (unpaired) electrons. The number of non-ortho nitro benzene ring substituents is 1. The molecule has 0 bridgehead atoms. The highest BCUT2D eigenvalue weighted by molar-refractivity contribution is 7.07.